The van der Waals surface area contributed by atoms with Crippen molar-refractivity contribution in [2.24, 2.45) is 4.99 Å². The number of aliphatic imine (C=N–C) groups is 1. The first-order valence-electron chi connectivity index (χ1n) is 11.3. The van der Waals surface area contributed by atoms with Crippen molar-refractivity contribution in [1.29, 1.82) is 0 Å². The lowest BCUT2D eigenvalue weighted by Gasteiger charge is -2.34. The summed E-state index contributed by atoms with van der Waals surface area (Å²) in [6.07, 6.45) is 0. The van der Waals surface area contributed by atoms with Crippen molar-refractivity contribution < 1.29 is 4.79 Å². The number of piperazine rings is 1. The first kappa shape index (κ1) is 27.1. The highest BCUT2D eigenvalue weighted by Crippen LogP contribution is 2.08. The Bertz CT molecular complexity index is 864. The highest BCUT2D eigenvalue weighted by atomic mass is 127. The van der Waals surface area contributed by atoms with Crippen LogP contribution in [0.4, 0.5) is 0 Å². The number of guanidine groups is 1. The van der Waals surface area contributed by atoms with Crippen LogP contribution in [0.3, 0.4) is 0 Å². The Morgan fingerprint density at radius 2 is 1.55 bits per heavy atom. The molecule has 0 aliphatic carbocycles. The van der Waals surface area contributed by atoms with Gasteiger partial charge in [0, 0.05) is 79.1 Å². The van der Waals surface area contributed by atoms with E-state index in [4.69, 9.17) is 0 Å². The van der Waals surface area contributed by atoms with Gasteiger partial charge in [0.25, 0.3) is 5.91 Å². The van der Waals surface area contributed by atoms with E-state index in [-0.39, 0.29) is 29.9 Å². The Labute approximate surface area is 215 Å². The average Bonchev–Trinajstić information content (AvgIpc) is 2.83. The van der Waals surface area contributed by atoms with E-state index in [0.717, 1.165) is 57.3 Å². The zero-order valence-corrected chi connectivity index (χ0v) is 22.3. The molecular formula is C25H37IN6O. The fourth-order valence-electron chi connectivity index (χ4n) is 3.77. The van der Waals surface area contributed by atoms with Crippen LogP contribution >= 0.6 is 24.0 Å². The van der Waals surface area contributed by atoms with Gasteiger partial charge in [0.05, 0.1) is 0 Å². The molecule has 0 aromatic heterocycles. The number of carbonyl (C=O) groups is 1. The van der Waals surface area contributed by atoms with Gasteiger partial charge in [0.2, 0.25) is 0 Å². The molecule has 1 amide bonds. The lowest BCUT2D eigenvalue weighted by Crippen LogP contribution is -2.48. The van der Waals surface area contributed by atoms with E-state index < -0.39 is 0 Å². The minimum absolute atomic E-state index is 0. The van der Waals surface area contributed by atoms with Crippen LogP contribution in [0.15, 0.2) is 59.6 Å². The van der Waals surface area contributed by atoms with Gasteiger partial charge in [-0.05, 0) is 23.3 Å². The third-order valence-electron chi connectivity index (χ3n) is 5.73. The standard InChI is InChI=1S/C25H36N6O.HI/c1-26-25(28-19-21-9-11-23(12-10-21)24(32)29(2)3)27-13-14-30-15-17-31(18-16-30)20-22-7-5-4-6-8-22;/h4-12H,13-20H2,1-3H3,(H2,26,27,28);1H. The van der Waals surface area contributed by atoms with Crippen LogP contribution in [0.5, 0.6) is 0 Å². The van der Waals surface area contributed by atoms with Crippen molar-refractivity contribution in [3.05, 3.63) is 71.3 Å². The van der Waals surface area contributed by atoms with E-state index in [2.05, 4.69) is 55.8 Å². The smallest absolute Gasteiger partial charge is 0.253 e. The summed E-state index contributed by atoms with van der Waals surface area (Å²) in [5, 5.41) is 6.75. The fraction of sp³-hybridized carbons (Fsp3) is 0.440. The number of carbonyl (C=O) groups excluding carboxylic acids is 1. The highest BCUT2D eigenvalue weighted by Gasteiger charge is 2.16. The Hall–Kier alpha value is -2.17. The minimum Gasteiger partial charge on any atom is -0.355 e. The maximum atomic E-state index is 12.0. The van der Waals surface area contributed by atoms with E-state index in [1.165, 1.54) is 5.56 Å². The zero-order valence-electron chi connectivity index (χ0n) is 20.0. The minimum atomic E-state index is 0. The number of nitrogens with zero attached hydrogens (tertiary/aromatic N) is 4. The molecule has 0 atom stereocenters. The zero-order chi connectivity index (χ0) is 22.8. The summed E-state index contributed by atoms with van der Waals surface area (Å²) in [5.41, 5.74) is 3.19. The second kappa shape index (κ2) is 14.2. The molecule has 1 saturated heterocycles. The van der Waals surface area contributed by atoms with E-state index >= 15 is 0 Å². The van der Waals surface area contributed by atoms with Crippen molar-refractivity contribution in [1.82, 2.24) is 25.3 Å². The molecule has 0 unspecified atom stereocenters. The largest absolute Gasteiger partial charge is 0.355 e. The molecular weight excluding hydrogens is 527 g/mol. The lowest BCUT2D eigenvalue weighted by atomic mass is 10.1. The molecule has 0 saturated carbocycles. The average molecular weight is 565 g/mol. The van der Waals surface area contributed by atoms with E-state index in [9.17, 15) is 4.79 Å². The molecule has 1 aliphatic rings. The maximum Gasteiger partial charge on any atom is 0.253 e. The molecule has 1 aliphatic heterocycles. The van der Waals surface area contributed by atoms with Crippen LogP contribution in [-0.2, 0) is 13.1 Å². The van der Waals surface area contributed by atoms with E-state index in [0.29, 0.717) is 12.1 Å². The Balaban J connectivity index is 0.00000385. The molecule has 0 spiro atoms. The van der Waals surface area contributed by atoms with Gasteiger partial charge in [-0.3, -0.25) is 19.6 Å². The molecule has 1 heterocycles. The lowest BCUT2D eigenvalue weighted by molar-refractivity contribution is 0.0827. The monoisotopic (exact) mass is 564 g/mol. The molecule has 180 valence electrons. The molecule has 0 radical (unpaired) electrons. The Morgan fingerprint density at radius 1 is 0.909 bits per heavy atom. The second-order valence-electron chi connectivity index (χ2n) is 8.35. The summed E-state index contributed by atoms with van der Waals surface area (Å²) in [7, 11) is 5.31. The van der Waals surface area contributed by atoms with Crippen molar-refractivity contribution in [2.45, 2.75) is 13.1 Å². The molecule has 7 nitrogen and oxygen atoms in total. The quantitative estimate of drug-likeness (QED) is 0.293. The predicted octanol–water partition coefficient (Wildman–Crippen LogP) is 2.49. The van der Waals surface area contributed by atoms with Gasteiger partial charge in [-0.2, -0.15) is 0 Å². The predicted molar refractivity (Wildman–Crippen MR) is 146 cm³/mol. The Kier molecular flexibility index (Phi) is 11.6. The summed E-state index contributed by atoms with van der Waals surface area (Å²) in [4.78, 5) is 22.9. The summed E-state index contributed by atoms with van der Waals surface area (Å²) in [6.45, 7) is 7.96. The van der Waals surface area contributed by atoms with Gasteiger partial charge in [-0.15, -0.1) is 24.0 Å². The van der Waals surface area contributed by atoms with Crippen LogP contribution in [0.1, 0.15) is 21.5 Å². The van der Waals surface area contributed by atoms with E-state index in [1.54, 1.807) is 26.0 Å². The van der Waals surface area contributed by atoms with Crippen molar-refractivity contribution in [3.8, 4) is 0 Å². The normalized spacial score (nSPS) is 14.9. The first-order valence-corrected chi connectivity index (χ1v) is 11.3. The van der Waals surface area contributed by atoms with Crippen molar-refractivity contribution >= 4 is 35.8 Å². The van der Waals surface area contributed by atoms with Gasteiger partial charge in [-0.25, -0.2) is 0 Å². The maximum absolute atomic E-state index is 12.0. The molecule has 2 aromatic rings. The van der Waals surface area contributed by atoms with Gasteiger partial charge in [-0.1, -0.05) is 42.5 Å². The van der Waals surface area contributed by atoms with Crippen LogP contribution in [0, 0.1) is 0 Å². The van der Waals surface area contributed by atoms with Crippen LogP contribution in [-0.4, -0.2) is 87.0 Å². The van der Waals surface area contributed by atoms with Crippen LogP contribution in [0.2, 0.25) is 0 Å². The second-order valence-corrected chi connectivity index (χ2v) is 8.35. The molecule has 3 rings (SSSR count). The number of benzene rings is 2. The molecule has 2 aromatic carbocycles. The summed E-state index contributed by atoms with van der Waals surface area (Å²) in [6, 6.07) is 18.4. The molecule has 2 N–H and O–H groups in total. The van der Waals surface area contributed by atoms with Gasteiger partial charge >= 0.3 is 0 Å². The molecule has 0 bridgehead atoms. The third-order valence-corrected chi connectivity index (χ3v) is 5.73. The van der Waals surface area contributed by atoms with Crippen LogP contribution < -0.4 is 10.6 Å². The number of amides is 1. The SMILES string of the molecule is CN=C(NCCN1CCN(Cc2ccccc2)CC1)NCc1ccc(C(=O)N(C)C)cc1.I. The number of hydrogen-bond donors (Lipinski definition) is 2. The fourth-order valence-corrected chi connectivity index (χ4v) is 3.77. The van der Waals surface area contributed by atoms with Gasteiger partial charge < -0.3 is 15.5 Å². The summed E-state index contributed by atoms with van der Waals surface area (Å²) in [5.74, 6) is 0.809. The van der Waals surface area contributed by atoms with Gasteiger partial charge in [0.1, 0.15) is 0 Å². The summed E-state index contributed by atoms with van der Waals surface area (Å²) >= 11 is 0. The topological polar surface area (TPSA) is 63.2 Å². The number of rotatable bonds is 8. The van der Waals surface area contributed by atoms with Gasteiger partial charge in [0.15, 0.2) is 5.96 Å². The Morgan fingerprint density at radius 3 is 2.15 bits per heavy atom. The number of halogens is 1. The third kappa shape index (κ3) is 8.94. The number of nitrogens with one attached hydrogen (secondary N) is 2. The summed E-state index contributed by atoms with van der Waals surface area (Å²) < 4.78 is 0. The molecule has 8 heteroatoms. The molecule has 33 heavy (non-hydrogen) atoms. The van der Waals surface area contributed by atoms with Crippen molar-refractivity contribution in [3.63, 3.8) is 0 Å². The first-order chi connectivity index (χ1) is 15.5. The van der Waals surface area contributed by atoms with Crippen LogP contribution in [0.25, 0.3) is 0 Å². The van der Waals surface area contributed by atoms with Crippen molar-refractivity contribution in [2.75, 3.05) is 60.4 Å². The molecule has 1 fully saturated rings. The highest BCUT2D eigenvalue weighted by molar-refractivity contribution is 14.0. The van der Waals surface area contributed by atoms with E-state index in [1.807, 2.05) is 24.3 Å². The number of hydrogen-bond acceptors (Lipinski definition) is 4.